The summed E-state index contributed by atoms with van der Waals surface area (Å²) in [5.41, 5.74) is 6.60. The van der Waals surface area contributed by atoms with Gasteiger partial charge >= 0.3 is 0 Å². The second kappa shape index (κ2) is 4.81. The Balaban J connectivity index is 1.93. The molecular weight excluding hydrogens is 210 g/mol. The maximum atomic E-state index is 5.44. The lowest BCUT2D eigenvalue weighted by Crippen LogP contribution is -1.98. The molecule has 0 fully saturated rings. The average molecular weight is 221 g/mol. The summed E-state index contributed by atoms with van der Waals surface area (Å²) < 4.78 is 0. The number of hydrogen-bond acceptors (Lipinski definition) is 6. The van der Waals surface area contributed by atoms with Crippen molar-refractivity contribution in [2.75, 3.05) is 5.32 Å². The Morgan fingerprint density at radius 2 is 2.07 bits per heavy atom. The standard InChI is InChI=1S/C9H11N5S/c10-5-8-13-14-9(15-8)12-6-7-1-3-11-4-2-7/h1-4H,5-6,10H2,(H,12,14). The molecule has 2 rings (SSSR count). The predicted octanol–water partition coefficient (Wildman–Crippen LogP) is 1.00. The Kier molecular flexibility index (Phi) is 3.21. The summed E-state index contributed by atoms with van der Waals surface area (Å²) in [7, 11) is 0. The zero-order valence-corrected chi connectivity index (χ0v) is 8.87. The van der Waals surface area contributed by atoms with E-state index in [0.29, 0.717) is 6.54 Å². The third kappa shape index (κ3) is 2.71. The van der Waals surface area contributed by atoms with Gasteiger partial charge in [-0.25, -0.2) is 0 Å². The molecule has 15 heavy (non-hydrogen) atoms. The monoisotopic (exact) mass is 221 g/mol. The smallest absolute Gasteiger partial charge is 0.205 e. The second-order valence-electron chi connectivity index (χ2n) is 2.91. The van der Waals surface area contributed by atoms with E-state index in [2.05, 4.69) is 20.5 Å². The lowest BCUT2D eigenvalue weighted by Gasteiger charge is -2.00. The van der Waals surface area contributed by atoms with Crippen molar-refractivity contribution in [3.63, 3.8) is 0 Å². The molecule has 0 spiro atoms. The summed E-state index contributed by atoms with van der Waals surface area (Å²) >= 11 is 1.48. The van der Waals surface area contributed by atoms with Gasteiger partial charge < -0.3 is 11.1 Å². The van der Waals surface area contributed by atoms with Gasteiger partial charge in [0, 0.05) is 25.5 Å². The molecule has 0 aliphatic heterocycles. The Morgan fingerprint density at radius 3 is 2.73 bits per heavy atom. The molecule has 5 nitrogen and oxygen atoms in total. The molecule has 0 aromatic carbocycles. The van der Waals surface area contributed by atoms with Gasteiger partial charge in [0.1, 0.15) is 5.01 Å². The van der Waals surface area contributed by atoms with Crippen LogP contribution in [0.3, 0.4) is 0 Å². The molecule has 0 aliphatic carbocycles. The number of nitrogens with one attached hydrogen (secondary N) is 1. The van der Waals surface area contributed by atoms with Crippen LogP contribution in [0.5, 0.6) is 0 Å². The fourth-order valence-corrected chi connectivity index (χ4v) is 1.70. The molecule has 0 radical (unpaired) electrons. The third-order valence-electron chi connectivity index (χ3n) is 1.83. The first-order valence-electron chi connectivity index (χ1n) is 4.53. The molecule has 2 heterocycles. The highest BCUT2D eigenvalue weighted by Gasteiger charge is 2.01. The minimum absolute atomic E-state index is 0.439. The molecular formula is C9H11N5S. The van der Waals surface area contributed by atoms with Crippen molar-refractivity contribution in [2.45, 2.75) is 13.1 Å². The fraction of sp³-hybridized carbons (Fsp3) is 0.222. The number of nitrogens with zero attached hydrogens (tertiary/aromatic N) is 3. The van der Waals surface area contributed by atoms with Crippen LogP contribution in [0.15, 0.2) is 24.5 Å². The molecule has 0 unspecified atom stereocenters. The molecule has 3 N–H and O–H groups in total. The van der Waals surface area contributed by atoms with Crippen molar-refractivity contribution < 1.29 is 0 Å². The Labute approximate surface area is 91.4 Å². The molecule has 0 aliphatic rings. The van der Waals surface area contributed by atoms with E-state index in [1.807, 2.05) is 12.1 Å². The van der Waals surface area contributed by atoms with Crippen molar-refractivity contribution in [1.82, 2.24) is 15.2 Å². The highest BCUT2D eigenvalue weighted by atomic mass is 32.1. The Bertz CT molecular complexity index is 413. The fourth-order valence-electron chi connectivity index (χ4n) is 1.09. The molecule has 0 saturated carbocycles. The first kappa shape index (κ1) is 10.0. The molecule has 0 bridgehead atoms. The van der Waals surface area contributed by atoms with E-state index in [1.54, 1.807) is 12.4 Å². The summed E-state index contributed by atoms with van der Waals surface area (Å²) in [6, 6.07) is 3.91. The second-order valence-corrected chi connectivity index (χ2v) is 3.98. The van der Waals surface area contributed by atoms with Crippen molar-refractivity contribution in [2.24, 2.45) is 5.73 Å². The van der Waals surface area contributed by atoms with Crippen LogP contribution in [0.2, 0.25) is 0 Å². The summed E-state index contributed by atoms with van der Waals surface area (Å²) in [6.45, 7) is 1.16. The van der Waals surface area contributed by atoms with E-state index < -0.39 is 0 Å². The van der Waals surface area contributed by atoms with Crippen LogP contribution in [0, 0.1) is 0 Å². The van der Waals surface area contributed by atoms with E-state index in [9.17, 15) is 0 Å². The predicted molar refractivity (Wildman–Crippen MR) is 59.4 cm³/mol. The van der Waals surface area contributed by atoms with Gasteiger partial charge in [0.25, 0.3) is 0 Å². The van der Waals surface area contributed by atoms with Gasteiger partial charge in [0.2, 0.25) is 5.13 Å². The highest BCUT2D eigenvalue weighted by Crippen LogP contribution is 2.15. The normalized spacial score (nSPS) is 10.2. The Hall–Kier alpha value is -1.53. The van der Waals surface area contributed by atoms with Crippen LogP contribution in [-0.4, -0.2) is 15.2 Å². The van der Waals surface area contributed by atoms with Crippen LogP contribution in [-0.2, 0) is 13.1 Å². The first-order valence-corrected chi connectivity index (χ1v) is 5.35. The first-order chi connectivity index (χ1) is 7.38. The van der Waals surface area contributed by atoms with Gasteiger partial charge in [-0.2, -0.15) is 0 Å². The van der Waals surface area contributed by atoms with Gasteiger partial charge in [-0.05, 0) is 17.7 Å². The number of hydrogen-bond donors (Lipinski definition) is 2. The summed E-state index contributed by atoms with van der Waals surface area (Å²) in [5.74, 6) is 0. The van der Waals surface area contributed by atoms with Crippen LogP contribution in [0.4, 0.5) is 5.13 Å². The van der Waals surface area contributed by atoms with Crippen LogP contribution in [0.25, 0.3) is 0 Å². The average Bonchev–Trinajstić information content (AvgIpc) is 2.76. The minimum Gasteiger partial charge on any atom is -0.356 e. The molecule has 0 saturated heterocycles. The lowest BCUT2D eigenvalue weighted by molar-refractivity contribution is 0.953. The lowest BCUT2D eigenvalue weighted by atomic mass is 10.3. The van der Waals surface area contributed by atoms with Gasteiger partial charge in [0.05, 0.1) is 0 Å². The Morgan fingerprint density at radius 1 is 1.27 bits per heavy atom. The number of aromatic nitrogens is 3. The van der Waals surface area contributed by atoms with Gasteiger partial charge in [-0.1, -0.05) is 11.3 Å². The van der Waals surface area contributed by atoms with E-state index in [0.717, 1.165) is 22.2 Å². The molecule has 6 heteroatoms. The highest BCUT2D eigenvalue weighted by molar-refractivity contribution is 7.15. The van der Waals surface area contributed by atoms with E-state index in [4.69, 9.17) is 5.73 Å². The largest absolute Gasteiger partial charge is 0.356 e. The van der Waals surface area contributed by atoms with Crippen LogP contribution in [0.1, 0.15) is 10.6 Å². The molecule has 0 amide bonds. The maximum absolute atomic E-state index is 5.44. The topological polar surface area (TPSA) is 76.7 Å². The zero-order valence-electron chi connectivity index (χ0n) is 8.05. The zero-order chi connectivity index (χ0) is 10.5. The summed E-state index contributed by atoms with van der Waals surface area (Å²) in [4.78, 5) is 3.95. The van der Waals surface area contributed by atoms with Crippen molar-refractivity contribution in [3.8, 4) is 0 Å². The molecule has 78 valence electrons. The van der Waals surface area contributed by atoms with E-state index in [1.165, 1.54) is 11.3 Å². The quantitative estimate of drug-likeness (QED) is 0.805. The van der Waals surface area contributed by atoms with Crippen LogP contribution >= 0.6 is 11.3 Å². The van der Waals surface area contributed by atoms with E-state index in [-0.39, 0.29) is 0 Å². The van der Waals surface area contributed by atoms with Crippen LogP contribution < -0.4 is 11.1 Å². The van der Waals surface area contributed by atoms with Crippen molar-refractivity contribution in [1.29, 1.82) is 0 Å². The molecule has 2 aromatic rings. The van der Waals surface area contributed by atoms with Crippen molar-refractivity contribution >= 4 is 16.5 Å². The number of anilines is 1. The molecule has 0 atom stereocenters. The summed E-state index contributed by atoms with van der Waals surface area (Å²) in [5, 5.41) is 12.7. The molecule has 2 aromatic heterocycles. The van der Waals surface area contributed by atoms with Gasteiger partial charge in [-0.15, -0.1) is 10.2 Å². The van der Waals surface area contributed by atoms with Gasteiger partial charge in [0.15, 0.2) is 0 Å². The van der Waals surface area contributed by atoms with Gasteiger partial charge in [-0.3, -0.25) is 4.98 Å². The minimum atomic E-state index is 0.439. The maximum Gasteiger partial charge on any atom is 0.205 e. The van der Waals surface area contributed by atoms with E-state index >= 15 is 0 Å². The number of nitrogens with two attached hydrogens (primary N) is 1. The number of pyridine rings is 1. The van der Waals surface area contributed by atoms with Crippen molar-refractivity contribution in [3.05, 3.63) is 35.1 Å². The summed E-state index contributed by atoms with van der Waals surface area (Å²) in [6.07, 6.45) is 3.53. The SMILES string of the molecule is NCc1nnc(NCc2ccncc2)s1. The number of rotatable bonds is 4. The third-order valence-corrected chi connectivity index (χ3v) is 2.74.